The Morgan fingerprint density at radius 1 is 1.26 bits per heavy atom. The number of hydrogen-bond donors (Lipinski definition) is 2. The number of nitrogens with zero attached hydrogens (tertiary/aromatic N) is 4. The molecule has 1 atom stereocenters. The lowest BCUT2D eigenvalue weighted by Crippen LogP contribution is -2.46. The lowest BCUT2D eigenvalue weighted by atomic mass is 10.0. The second kappa shape index (κ2) is 10.0. The average Bonchev–Trinajstić information content (AvgIpc) is 3.22. The predicted octanol–water partition coefficient (Wildman–Crippen LogP) is 1.26. The first-order valence-corrected chi connectivity index (χ1v) is 9.24. The van der Waals surface area contributed by atoms with Gasteiger partial charge in [-0.05, 0) is 17.7 Å². The number of benzene rings is 1. The van der Waals surface area contributed by atoms with E-state index in [1.165, 1.54) is 12.1 Å². The van der Waals surface area contributed by atoms with E-state index in [2.05, 4.69) is 25.5 Å². The summed E-state index contributed by atoms with van der Waals surface area (Å²) in [4.78, 5) is 10.7. The van der Waals surface area contributed by atoms with Crippen LogP contribution in [0.5, 0.6) is 0 Å². The summed E-state index contributed by atoms with van der Waals surface area (Å²) < 4.78 is 20.8. The molecule has 27 heavy (non-hydrogen) atoms. The number of nitrogens with one attached hydrogen (secondary N) is 2. The summed E-state index contributed by atoms with van der Waals surface area (Å²) in [5.74, 6) is 0.528. The van der Waals surface area contributed by atoms with Gasteiger partial charge in [0.2, 0.25) is 0 Å². The van der Waals surface area contributed by atoms with Crippen molar-refractivity contribution in [3.63, 3.8) is 0 Å². The highest BCUT2D eigenvalue weighted by molar-refractivity contribution is 5.79. The van der Waals surface area contributed by atoms with Crippen molar-refractivity contribution in [2.45, 2.75) is 12.6 Å². The van der Waals surface area contributed by atoms with Gasteiger partial charge in [-0.2, -0.15) is 0 Å². The quantitative estimate of drug-likeness (QED) is 0.564. The number of aliphatic imine (C=N–C) groups is 1. The monoisotopic (exact) mass is 374 g/mol. The van der Waals surface area contributed by atoms with Crippen molar-refractivity contribution in [3.8, 4) is 0 Å². The molecular weight excluding hydrogens is 347 g/mol. The van der Waals surface area contributed by atoms with E-state index in [9.17, 15) is 4.39 Å². The predicted molar refractivity (Wildman–Crippen MR) is 103 cm³/mol. The molecule has 1 saturated heterocycles. The summed E-state index contributed by atoms with van der Waals surface area (Å²) >= 11 is 0. The van der Waals surface area contributed by atoms with Gasteiger partial charge in [-0.1, -0.05) is 12.1 Å². The second-order valence-corrected chi connectivity index (χ2v) is 6.40. The van der Waals surface area contributed by atoms with Gasteiger partial charge in [0.25, 0.3) is 0 Å². The van der Waals surface area contributed by atoms with Crippen molar-refractivity contribution in [2.75, 3.05) is 46.4 Å². The average molecular weight is 374 g/mol. The Morgan fingerprint density at radius 3 is 2.70 bits per heavy atom. The SMILES string of the molecule is CN=C(NCCn1ccnc1)NCC(c1ccc(F)cc1)N1CCOCC1. The van der Waals surface area contributed by atoms with E-state index in [0.29, 0.717) is 6.54 Å². The van der Waals surface area contributed by atoms with Gasteiger partial charge in [0.1, 0.15) is 5.82 Å². The maximum absolute atomic E-state index is 13.3. The van der Waals surface area contributed by atoms with E-state index in [1.807, 2.05) is 22.9 Å². The standard InChI is InChI=1S/C19H27FN6O/c1-21-19(23-7-9-25-8-6-22-15-25)24-14-18(26-10-12-27-13-11-26)16-2-4-17(20)5-3-16/h2-6,8,15,18H,7,9-14H2,1H3,(H2,21,23,24). The molecule has 0 spiro atoms. The summed E-state index contributed by atoms with van der Waals surface area (Å²) in [6.07, 6.45) is 5.49. The zero-order valence-corrected chi connectivity index (χ0v) is 15.6. The van der Waals surface area contributed by atoms with Gasteiger partial charge in [0, 0.05) is 52.2 Å². The molecule has 0 radical (unpaired) electrons. The number of morpholine rings is 1. The van der Waals surface area contributed by atoms with E-state index in [4.69, 9.17) is 4.74 Å². The van der Waals surface area contributed by atoms with Crippen molar-refractivity contribution in [1.29, 1.82) is 0 Å². The van der Waals surface area contributed by atoms with E-state index in [0.717, 1.165) is 50.9 Å². The number of imidazole rings is 1. The normalized spacial score (nSPS) is 16.9. The lowest BCUT2D eigenvalue weighted by molar-refractivity contribution is 0.0170. The Kier molecular flexibility index (Phi) is 7.18. The molecule has 1 unspecified atom stereocenters. The van der Waals surface area contributed by atoms with Crippen molar-refractivity contribution in [3.05, 3.63) is 54.4 Å². The number of guanidine groups is 1. The number of rotatable bonds is 7. The molecule has 7 nitrogen and oxygen atoms in total. The van der Waals surface area contributed by atoms with Crippen LogP contribution in [-0.2, 0) is 11.3 Å². The third-order valence-corrected chi connectivity index (χ3v) is 4.65. The molecule has 1 aliphatic rings. The van der Waals surface area contributed by atoms with Crippen LogP contribution < -0.4 is 10.6 Å². The summed E-state index contributed by atoms with van der Waals surface area (Å²) in [5, 5.41) is 6.71. The maximum atomic E-state index is 13.3. The minimum Gasteiger partial charge on any atom is -0.379 e. The van der Waals surface area contributed by atoms with Crippen LogP contribution in [0.25, 0.3) is 0 Å². The lowest BCUT2D eigenvalue weighted by Gasteiger charge is -2.35. The highest BCUT2D eigenvalue weighted by atomic mass is 19.1. The van der Waals surface area contributed by atoms with Gasteiger partial charge in [-0.15, -0.1) is 0 Å². The molecule has 146 valence electrons. The van der Waals surface area contributed by atoms with Gasteiger partial charge >= 0.3 is 0 Å². The summed E-state index contributed by atoms with van der Waals surface area (Å²) in [6.45, 7) is 5.38. The molecule has 2 heterocycles. The first kappa shape index (κ1) is 19.3. The second-order valence-electron chi connectivity index (χ2n) is 6.40. The van der Waals surface area contributed by atoms with Crippen LogP contribution >= 0.6 is 0 Å². The molecule has 2 N–H and O–H groups in total. The molecule has 0 amide bonds. The summed E-state index contributed by atoms with van der Waals surface area (Å²) in [6, 6.07) is 6.86. The molecule has 1 fully saturated rings. The van der Waals surface area contributed by atoms with Crippen molar-refractivity contribution in [2.24, 2.45) is 4.99 Å². The molecule has 1 aromatic carbocycles. The van der Waals surface area contributed by atoms with Gasteiger partial charge in [0.15, 0.2) is 5.96 Å². The molecule has 0 saturated carbocycles. The number of ether oxygens (including phenoxy) is 1. The van der Waals surface area contributed by atoms with Crippen LogP contribution in [0.2, 0.25) is 0 Å². The summed E-state index contributed by atoms with van der Waals surface area (Å²) in [7, 11) is 1.76. The Labute approximate surface area is 159 Å². The highest BCUT2D eigenvalue weighted by Crippen LogP contribution is 2.21. The first-order chi connectivity index (χ1) is 13.3. The number of aromatic nitrogens is 2. The summed E-state index contributed by atoms with van der Waals surface area (Å²) in [5.41, 5.74) is 1.08. The van der Waals surface area contributed by atoms with Crippen LogP contribution in [0, 0.1) is 5.82 Å². The van der Waals surface area contributed by atoms with Gasteiger partial charge in [-0.3, -0.25) is 9.89 Å². The Bertz CT molecular complexity index is 697. The van der Waals surface area contributed by atoms with Gasteiger partial charge < -0.3 is 19.9 Å². The number of halogens is 1. The first-order valence-electron chi connectivity index (χ1n) is 9.24. The third-order valence-electron chi connectivity index (χ3n) is 4.65. The van der Waals surface area contributed by atoms with Crippen LogP contribution in [0.3, 0.4) is 0 Å². The molecule has 3 rings (SSSR count). The smallest absolute Gasteiger partial charge is 0.191 e. The zero-order chi connectivity index (χ0) is 18.9. The molecule has 1 aromatic heterocycles. The Morgan fingerprint density at radius 2 is 2.04 bits per heavy atom. The van der Waals surface area contributed by atoms with Crippen LogP contribution in [0.1, 0.15) is 11.6 Å². The van der Waals surface area contributed by atoms with Gasteiger partial charge in [0.05, 0.1) is 25.6 Å². The fourth-order valence-corrected chi connectivity index (χ4v) is 3.17. The minimum atomic E-state index is -0.218. The molecule has 0 bridgehead atoms. The third kappa shape index (κ3) is 5.77. The fourth-order valence-electron chi connectivity index (χ4n) is 3.17. The minimum absolute atomic E-state index is 0.127. The Balaban J connectivity index is 1.57. The van der Waals surface area contributed by atoms with E-state index in [-0.39, 0.29) is 11.9 Å². The van der Waals surface area contributed by atoms with Gasteiger partial charge in [-0.25, -0.2) is 9.37 Å². The van der Waals surface area contributed by atoms with Crippen LogP contribution in [-0.4, -0.2) is 66.9 Å². The molecular formula is C19H27FN6O. The van der Waals surface area contributed by atoms with Crippen LogP contribution in [0.15, 0.2) is 48.0 Å². The Hall–Kier alpha value is -2.45. The molecule has 8 heteroatoms. The van der Waals surface area contributed by atoms with Crippen LogP contribution in [0.4, 0.5) is 4.39 Å². The van der Waals surface area contributed by atoms with Crippen molar-refractivity contribution >= 4 is 5.96 Å². The fraction of sp³-hybridized carbons (Fsp3) is 0.474. The number of hydrogen-bond acceptors (Lipinski definition) is 4. The van der Waals surface area contributed by atoms with E-state index >= 15 is 0 Å². The van der Waals surface area contributed by atoms with E-state index < -0.39 is 0 Å². The molecule has 0 aliphatic carbocycles. The molecule has 1 aliphatic heterocycles. The topological polar surface area (TPSA) is 66.7 Å². The van der Waals surface area contributed by atoms with Crippen molar-refractivity contribution < 1.29 is 9.13 Å². The van der Waals surface area contributed by atoms with Crippen molar-refractivity contribution in [1.82, 2.24) is 25.1 Å². The maximum Gasteiger partial charge on any atom is 0.191 e. The van der Waals surface area contributed by atoms with E-state index in [1.54, 1.807) is 19.6 Å². The highest BCUT2D eigenvalue weighted by Gasteiger charge is 2.23. The zero-order valence-electron chi connectivity index (χ0n) is 15.6. The largest absolute Gasteiger partial charge is 0.379 e. The molecule has 2 aromatic rings.